The third kappa shape index (κ3) is 3.79. The van der Waals surface area contributed by atoms with Crippen LogP contribution >= 0.6 is 0 Å². The summed E-state index contributed by atoms with van der Waals surface area (Å²) < 4.78 is 10.9. The van der Waals surface area contributed by atoms with E-state index >= 15 is 0 Å². The molecule has 150 valence electrons. The van der Waals surface area contributed by atoms with Gasteiger partial charge in [-0.15, -0.1) is 0 Å². The van der Waals surface area contributed by atoms with Gasteiger partial charge in [-0.1, -0.05) is 24.4 Å². The molecule has 0 radical (unpaired) electrons. The van der Waals surface area contributed by atoms with Gasteiger partial charge in [-0.2, -0.15) is 0 Å². The van der Waals surface area contributed by atoms with Crippen molar-refractivity contribution in [2.75, 3.05) is 33.4 Å². The number of rotatable bonds is 6. The van der Waals surface area contributed by atoms with Crippen molar-refractivity contribution in [3.63, 3.8) is 0 Å². The summed E-state index contributed by atoms with van der Waals surface area (Å²) in [4.78, 5) is 17.7. The number of aromatic nitrogens is 1. The van der Waals surface area contributed by atoms with Crippen molar-refractivity contribution in [2.45, 2.75) is 75.8 Å². The first-order valence-corrected chi connectivity index (χ1v) is 10.7. The van der Waals surface area contributed by atoms with Gasteiger partial charge in [0.25, 0.3) is 0 Å². The molecule has 1 atom stereocenters. The molecule has 4 rings (SSSR count). The summed E-state index contributed by atoms with van der Waals surface area (Å²) in [6, 6.07) is 2.15. The molecule has 2 saturated heterocycles. The van der Waals surface area contributed by atoms with E-state index in [4.69, 9.17) is 9.26 Å². The van der Waals surface area contributed by atoms with E-state index in [1.165, 1.54) is 32.1 Å². The van der Waals surface area contributed by atoms with Crippen LogP contribution in [0.15, 0.2) is 10.6 Å². The van der Waals surface area contributed by atoms with Crippen molar-refractivity contribution < 1.29 is 14.1 Å². The van der Waals surface area contributed by atoms with Crippen LogP contribution in [0.1, 0.15) is 75.2 Å². The van der Waals surface area contributed by atoms with E-state index < -0.39 is 0 Å². The highest BCUT2D eigenvalue weighted by Crippen LogP contribution is 2.39. The molecule has 0 bridgehead atoms. The van der Waals surface area contributed by atoms with Gasteiger partial charge in [-0.25, -0.2) is 0 Å². The lowest BCUT2D eigenvalue weighted by Crippen LogP contribution is -2.60. The summed E-state index contributed by atoms with van der Waals surface area (Å²) >= 11 is 0. The van der Waals surface area contributed by atoms with Crippen LogP contribution < -0.4 is 0 Å². The normalized spacial score (nSPS) is 27.7. The molecule has 1 unspecified atom stereocenters. The zero-order valence-electron chi connectivity index (χ0n) is 16.6. The van der Waals surface area contributed by atoms with Gasteiger partial charge in [-0.3, -0.25) is 9.69 Å². The SMILES string of the molecule is COCCN1CCCC2(CCCN2Cc2cc(C3CCCCC3)no2)C1=O. The Kier molecular flexibility index (Phi) is 5.83. The number of likely N-dealkylation sites (tertiary alicyclic amines) is 2. The van der Waals surface area contributed by atoms with Gasteiger partial charge in [0.2, 0.25) is 5.91 Å². The largest absolute Gasteiger partial charge is 0.383 e. The molecule has 1 aromatic heterocycles. The smallest absolute Gasteiger partial charge is 0.243 e. The first-order valence-electron chi connectivity index (χ1n) is 10.7. The molecular weight excluding hydrogens is 342 g/mol. The lowest BCUT2D eigenvalue weighted by molar-refractivity contribution is -0.148. The Morgan fingerprint density at radius 2 is 1.96 bits per heavy atom. The second-order valence-electron chi connectivity index (χ2n) is 8.50. The molecule has 0 aromatic carbocycles. The molecule has 27 heavy (non-hydrogen) atoms. The van der Waals surface area contributed by atoms with Gasteiger partial charge in [-0.05, 0) is 45.1 Å². The third-order valence-electron chi connectivity index (χ3n) is 6.84. The predicted octanol–water partition coefficient (Wildman–Crippen LogP) is 3.33. The topological polar surface area (TPSA) is 58.8 Å². The van der Waals surface area contributed by atoms with Crippen LogP contribution in [0.3, 0.4) is 0 Å². The van der Waals surface area contributed by atoms with Gasteiger partial charge in [0.15, 0.2) is 5.76 Å². The molecule has 1 amide bonds. The van der Waals surface area contributed by atoms with E-state index in [9.17, 15) is 4.79 Å². The molecule has 0 N–H and O–H groups in total. The average Bonchev–Trinajstić information content (AvgIpc) is 3.32. The summed E-state index contributed by atoms with van der Waals surface area (Å²) in [6.07, 6.45) is 10.5. The third-order valence-corrected chi connectivity index (χ3v) is 6.84. The van der Waals surface area contributed by atoms with Crippen molar-refractivity contribution in [1.82, 2.24) is 15.0 Å². The van der Waals surface area contributed by atoms with E-state index in [1.807, 2.05) is 4.90 Å². The van der Waals surface area contributed by atoms with Crippen LogP contribution in [0.25, 0.3) is 0 Å². The summed E-state index contributed by atoms with van der Waals surface area (Å²) in [7, 11) is 1.69. The Balaban J connectivity index is 1.45. The zero-order chi connectivity index (χ0) is 18.7. The first kappa shape index (κ1) is 18.9. The lowest BCUT2D eigenvalue weighted by Gasteiger charge is -2.44. The molecule has 3 fully saturated rings. The molecule has 1 aromatic rings. The maximum atomic E-state index is 13.3. The second-order valence-corrected chi connectivity index (χ2v) is 8.50. The van der Waals surface area contributed by atoms with Gasteiger partial charge in [0, 0.05) is 32.2 Å². The molecule has 3 aliphatic rings. The second kappa shape index (κ2) is 8.31. The van der Waals surface area contributed by atoms with Gasteiger partial charge < -0.3 is 14.2 Å². The molecule has 2 aliphatic heterocycles. The molecule has 3 heterocycles. The quantitative estimate of drug-likeness (QED) is 0.763. The number of amides is 1. The van der Waals surface area contributed by atoms with E-state index in [1.54, 1.807) is 7.11 Å². The fourth-order valence-electron chi connectivity index (χ4n) is 5.35. The minimum absolute atomic E-state index is 0.287. The highest BCUT2D eigenvalue weighted by atomic mass is 16.5. The standard InChI is InChI=1S/C21H33N3O3/c1-26-14-13-23-11-5-9-21(20(23)25)10-6-12-24(21)16-18-15-19(22-27-18)17-7-3-2-4-8-17/h15,17H,2-14,16H2,1H3. The summed E-state index contributed by atoms with van der Waals surface area (Å²) in [5.41, 5.74) is 0.777. The lowest BCUT2D eigenvalue weighted by atomic mass is 9.85. The van der Waals surface area contributed by atoms with Crippen molar-refractivity contribution in [3.8, 4) is 0 Å². The van der Waals surface area contributed by atoms with Crippen LogP contribution in [0, 0.1) is 0 Å². The maximum absolute atomic E-state index is 13.3. The average molecular weight is 376 g/mol. The first-order chi connectivity index (χ1) is 13.2. The minimum Gasteiger partial charge on any atom is -0.383 e. The Morgan fingerprint density at radius 1 is 1.19 bits per heavy atom. The number of nitrogens with zero attached hydrogens (tertiary/aromatic N) is 3. The monoisotopic (exact) mass is 375 g/mol. The van der Waals surface area contributed by atoms with Crippen molar-refractivity contribution in [1.29, 1.82) is 0 Å². The number of hydrogen-bond acceptors (Lipinski definition) is 5. The highest BCUT2D eigenvalue weighted by molar-refractivity contribution is 5.87. The molecule has 6 heteroatoms. The minimum atomic E-state index is -0.343. The molecule has 1 spiro atoms. The number of carbonyl (C=O) groups is 1. The summed E-state index contributed by atoms with van der Waals surface area (Å²) in [6.45, 7) is 3.81. The van der Waals surface area contributed by atoms with E-state index in [-0.39, 0.29) is 11.4 Å². The van der Waals surface area contributed by atoms with Gasteiger partial charge in [0.1, 0.15) is 5.54 Å². The zero-order valence-corrected chi connectivity index (χ0v) is 16.6. The number of ether oxygens (including phenoxy) is 1. The number of piperidine rings is 1. The highest BCUT2D eigenvalue weighted by Gasteiger charge is 2.50. The van der Waals surface area contributed by atoms with Crippen molar-refractivity contribution >= 4 is 5.91 Å². The Bertz CT molecular complexity index is 640. The van der Waals surface area contributed by atoms with Gasteiger partial charge >= 0.3 is 0 Å². The van der Waals surface area contributed by atoms with Crippen molar-refractivity contribution in [2.24, 2.45) is 0 Å². The van der Waals surface area contributed by atoms with Crippen LogP contribution in [-0.2, 0) is 16.1 Å². The summed E-state index contributed by atoms with van der Waals surface area (Å²) in [5.74, 6) is 1.76. The van der Waals surface area contributed by atoms with Crippen LogP contribution in [0.4, 0.5) is 0 Å². The fourth-order valence-corrected chi connectivity index (χ4v) is 5.35. The molecular formula is C21H33N3O3. The molecule has 1 saturated carbocycles. The molecule has 1 aliphatic carbocycles. The van der Waals surface area contributed by atoms with Crippen LogP contribution in [0.5, 0.6) is 0 Å². The fraction of sp³-hybridized carbons (Fsp3) is 0.810. The van der Waals surface area contributed by atoms with E-state index in [0.717, 1.165) is 50.2 Å². The number of hydrogen-bond donors (Lipinski definition) is 0. The van der Waals surface area contributed by atoms with E-state index in [0.29, 0.717) is 25.6 Å². The van der Waals surface area contributed by atoms with E-state index in [2.05, 4.69) is 16.1 Å². The number of methoxy groups -OCH3 is 1. The Hall–Kier alpha value is -1.40. The van der Waals surface area contributed by atoms with Crippen LogP contribution in [-0.4, -0.2) is 59.8 Å². The predicted molar refractivity (Wildman–Crippen MR) is 102 cm³/mol. The Morgan fingerprint density at radius 3 is 2.74 bits per heavy atom. The summed E-state index contributed by atoms with van der Waals surface area (Å²) in [5, 5.41) is 4.38. The maximum Gasteiger partial charge on any atom is 0.243 e. The van der Waals surface area contributed by atoms with Crippen LogP contribution in [0.2, 0.25) is 0 Å². The molecule has 6 nitrogen and oxygen atoms in total. The Labute approximate surface area is 162 Å². The van der Waals surface area contributed by atoms with Crippen molar-refractivity contribution in [3.05, 3.63) is 17.5 Å². The van der Waals surface area contributed by atoms with Gasteiger partial charge in [0.05, 0.1) is 18.8 Å². The number of carbonyl (C=O) groups excluding carboxylic acids is 1.